The Balaban J connectivity index is 0.616. The van der Waals surface area contributed by atoms with Gasteiger partial charge in [-0.1, -0.05) is 109 Å². The Morgan fingerprint density at radius 1 is 0.446 bits per heavy atom. The lowest BCUT2D eigenvalue weighted by molar-refractivity contribution is -0.118. The number of carbonyl (C=O) groups excluding carboxylic acids is 3. The third kappa shape index (κ3) is 14.1. The number of anilines is 3. The van der Waals surface area contributed by atoms with Gasteiger partial charge in [-0.15, -0.1) is 0 Å². The monoisotopic (exact) mass is 1510 g/mol. The second kappa shape index (κ2) is 29.8. The van der Waals surface area contributed by atoms with Crippen LogP contribution in [0, 0.1) is 134 Å². The summed E-state index contributed by atoms with van der Waals surface area (Å²) in [7, 11) is 1.69. The first-order valence-corrected chi connectivity index (χ1v) is 44.8. The van der Waals surface area contributed by atoms with Gasteiger partial charge in [0, 0.05) is 109 Å². The molecule has 1 heterocycles. The molecule has 3 aromatic rings. The summed E-state index contributed by atoms with van der Waals surface area (Å²) in [6.07, 6.45) is 28.6. The molecule has 10 nitrogen and oxygen atoms in total. The molecule has 12 aliphatic carbocycles. The number of methoxy groups -OCH3 is 1. The van der Waals surface area contributed by atoms with Gasteiger partial charge in [0.2, 0.25) is 0 Å². The molecule has 21 atom stereocenters. The quantitative estimate of drug-likeness (QED) is 0.126. The maximum atomic E-state index is 13.5. The number of hydrogen-bond donors (Lipinski definition) is 3. The Hall–Kier alpha value is -6.19. The first-order chi connectivity index (χ1) is 53.2. The van der Waals surface area contributed by atoms with Crippen molar-refractivity contribution in [3.05, 3.63) is 124 Å². The molecule has 0 bridgehead atoms. The van der Waals surface area contributed by atoms with Crippen molar-refractivity contribution >= 4 is 34.4 Å². The highest BCUT2D eigenvalue weighted by atomic mass is 16.5. The Morgan fingerprint density at radius 3 is 1.09 bits per heavy atom. The van der Waals surface area contributed by atoms with E-state index in [1.54, 1.807) is 7.11 Å². The first kappa shape index (κ1) is 79.6. The van der Waals surface area contributed by atoms with E-state index in [9.17, 15) is 29.7 Å². The van der Waals surface area contributed by atoms with Crippen LogP contribution in [0.4, 0.5) is 17.1 Å². The van der Waals surface area contributed by atoms with E-state index >= 15 is 0 Å². The fourth-order valence-corrected chi connectivity index (χ4v) is 27.5. The van der Waals surface area contributed by atoms with Crippen molar-refractivity contribution in [2.24, 2.45) is 98.1 Å². The van der Waals surface area contributed by atoms with E-state index in [4.69, 9.17) is 4.74 Å². The number of allylic oxidation sites excluding steroid dienone is 3. The minimum absolute atomic E-state index is 0.196. The molecule has 1 aliphatic heterocycles. The van der Waals surface area contributed by atoms with Crippen LogP contribution in [0.15, 0.2) is 108 Å². The second-order valence-corrected chi connectivity index (χ2v) is 41.8. The number of rotatable bonds is 15. The number of hydrogen-bond acceptors (Lipinski definition) is 10. The van der Waals surface area contributed by atoms with Gasteiger partial charge in [0.05, 0.1) is 0 Å². The topological polar surface area (TPSA) is 131 Å². The smallest absolute Gasteiger partial charge is 0.155 e. The normalized spacial score (nSPS) is 38.0. The van der Waals surface area contributed by atoms with E-state index in [-0.39, 0.29) is 51.7 Å². The third-order valence-electron chi connectivity index (χ3n) is 34.0. The number of benzene rings is 3. The highest BCUT2D eigenvalue weighted by molar-refractivity contribution is 5.92. The number of ether oxygens (including phenoxy) is 1. The van der Waals surface area contributed by atoms with Gasteiger partial charge in [0.25, 0.3) is 0 Å². The van der Waals surface area contributed by atoms with Crippen LogP contribution in [0.1, 0.15) is 285 Å². The predicted molar refractivity (Wildman–Crippen MR) is 452 cm³/mol. The van der Waals surface area contributed by atoms with Crippen molar-refractivity contribution in [1.82, 2.24) is 0 Å². The molecule has 0 radical (unpaired) electrons. The minimum atomic E-state index is -1.16. The van der Waals surface area contributed by atoms with E-state index in [1.807, 2.05) is 32.1 Å². The molecule has 0 unspecified atom stereocenters. The van der Waals surface area contributed by atoms with Crippen molar-refractivity contribution < 1.29 is 34.4 Å². The van der Waals surface area contributed by atoms with Crippen molar-refractivity contribution in [2.75, 3.05) is 48.0 Å². The van der Waals surface area contributed by atoms with Gasteiger partial charge in [-0.25, -0.2) is 0 Å². The van der Waals surface area contributed by atoms with E-state index in [0.717, 1.165) is 135 Å². The molecule has 0 amide bonds. The van der Waals surface area contributed by atoms with Crippen molar-refractivity contribution in [1.29, 1.82) is 0 Å². The lowest BCUT2D eigenvalue weighted by Gasteiger charge is -2.58. The van der Waals surface area contributed by atoms with Crippen LogP contribution in [0.25, 0.3) is 0 Å². The van der Waals surface area contributed by atoms with Crippen LogP contribution in [0.3, 0.4) is 0 Å². The van der Waals surface area contributed by atoms with Crippen LogP contribution in [-0.2, 0) is 19.1 Å². The molecular weight excluding hydrogens is 1380 g/mol. The van der Waals surface area contributed by atoms with Gasteiger partial charge in [-0.3, -0.25) is 14.4 Å². The number of aliphatic hydroxyl groups is 3. The van der Waals surface area contributed by atoms with E-state index in [1.165, 1.54) is 63.3 Å². The molecule has 112 heavy (non-hydrogen) atoms. The summed E-state index contributed by atoms with van der Waals surface area (Å²) >= 11 is 0. The summed E-state index contributed by atoms with van der Waals surface area (Å²) in [6.45, 7) is 33.3. The summed E-state index contributed by atoms with van der Waals surface area (Å²) in [4.78, 5) is 46.6. The lowest BCUT2D eigenvalue weighted by atomic mass is 9.46. The zero-order valence-corrected chi connectivity index (χ0v) is 70.8. The molecule has 10 fully saturated rings. The molecular formula is C102H135N3O7. The van der Waals surface area contributed by atoms with E-state index < -0.39 is 33.2 Å². The highest BCUT2D eigenvalue weighted by Gasteiger charge is 2.68. The molecule has 16 rings (SSSR count). The molecule has 13 aliphatic rings. The fourth-order valence-electron chi connectivity index (χ4n) is 27.5. The fraction of sp³-hybridized carbons (Fsp3) is 0.676. The maximum absolute atomic E-state index is 13.5. The standard InChI is InChI=1S/C102H135N3O7/c1-65(2)104(57-53-94(5,6)47-50-100(109)44-41-88-82-35-23-70-59-76(106)32-38-79(70)91(82)85(62-97(88,100)11)67-17-26-73(27-18-67)103-55-15-16-56-103)74-28-19-68(20-29-74)86-63-98(12)89(83-36-24-71-60-77(107)33-39-80(71)92(83)86)42-45-101(98,110)51-48-95(7,8)54-58-105(66(3)4)75-30-21-69(22-31-75)87-64-99(13)90(43-46-102(99,111)52-49-96(9,10)112-14)84-37-25-72-61-78(108)34-40-81(72)93(84)87/h17-22,26-31,59-61,65-66,79-93,109-111H,15-16,23-25,32-46,53-58,62-64H2,1-14H3/t79-,80-,81-,82-,83-,84-,85+,86+,87+,88-,89-,90-,91+,92+,93+,97-,98-,99-,100+,101+,102+/m0/s1. The molecule has 0 spiro atoms. The van der Waals surface area contributed by atoms with Crippen LogP contribution in [0.2, 0.25) is 0 Å². The Bertz CT molecular complexity index is 4380. The lowest BCUT2D eigenvalue weighted by Crippen LogP contribution is -2.54. The number of ketones is 3. The molecule has 600 valence electrons. The van der Waals surface area contributed by atoms with Gasteiger partial charge in [-0.05, 0) is 371 Å². The van der Waals surface area contributed by atoms with E-state index in [0.29, 0.717) is 121 Å². The maximum Gasteiger partial charge on any atom is 0.155 e. The number of carbonyl (C=O) groups is 3. The average Bonchev–Trinajstić information content (AvgIpc) is 1.48. The summed E-state index contributed by atoms with van der Waals surface area (Å²) in [6, 6.07) is 29.1. The largest absolute Gasteiger partial charge is 0.377 e. The van der Waals surface area contributed by atoms with Gasteiger partial charge < -0.3 is 34.8 Å². The Labute approximate surface area is 673 Å². The predicted octanol–water partition coefficient (Wildman–Crippen LogP) is 20.1. The van der Waals surface area contributed by atoms with Gasteiger partial charge in [-0.2, -0.15) is 0 Å². The van der Waals surface area contributed by atoms with Crippen molar-refractivity contribution in [3.8, 4) is 35.5 Å². The van der Waals surface area contributed by atoms with Gasteiger partial charge in [0.15, 0.2) is 17.3 Å². The van der Waals surface area contributed by atoms with Crippen LogP contribution >= 0.6 is 0 Å². The van der Waals surface area contributed by atoms with Gasteiger partial charge in [0.1, 0.15) is 22.4 Å². The summed E-state index contributed by atoms with van der Waals surface area (Å²) in [5, 5.41) is 39.6. The van der Waals surface area contributed by atoms with E-state index in [2.05, 4.69) is 199 Å². The summed E-state index contributed by atoms with van der Waals surface area (Å²) in [5.41, 5.74) is 5.92. The van der Waals surface area contributed by atoms with Crippen molar-refractivity contribution in [3.63, 3.8) is 0 Å². The Kier molecular flexibility index (Phi) is 21.2. The summed E-state index contributed by atoms with van der Waals surface area (Å²) < 4.78 is 5.75. The highest BCUT2D eigenvalue weighted by Crippen LogP contribution is 2.72. The average molecular weight is 1520 g/mol. The second-order valence-electron chi connectivity index (χ2n) is 41.8. The molecule has 1 saturated heterocycles. The summed E-state index contributed by atoms with van der Waals surface area (Å²) in [5.74, 6) is 28.4. The molecule has 9 saturated carbocycles. The van der Waals surface area contributed by atoms with Gasteiger partial charge >= 0.3 is 0 Å². The van der Waals surface area contributed by atoms with Crippen LogP contribution in [0.5, 0.6) is 0 Å². The number of nitrogens with zero attached hydrogens (tertiary/aromatic N) is 3. The minimum Gasteiger partial charge on any atom is -0.377 e. The molecule has 0 aromatic heterocycles. The number of fused-ring (bicyclic) bond motifs is 15. The molecule has 3 N–H and O–H groups in total. The Morgan fingerprint density at radius 2 is 0.768 bits per heavy atom. The van der Waals surface area contributed by atoms with Crippen LogP contribution < -0.4 is 14.7 Å². The third-order valence-corrected chi connectivity index (χ3v) is 34.0. The SMILES string of the molecule is COC(C)(C)C#C[C@]1(O)CC[C@H]2[C@@H]3CCC4=CC(=O)CC[C@@H]4[C@H]3[C@@H](c3ccc(N(CCC(C)(C)C#C[C@]4(O)CC[C@H]5[C@@H]6CCC7=CC(=O)CC[C@@H]7[C@H]6[C@@H](c6ccc(N(CCC(C)(C)C#C[C@]7(O)CC[C@H]8[C@@H]9CCC%10=CC(=O)CC[C@@H]%10[C@H]9[C@@H](c9ccc(N%10CCCC%10)cc9)C[C@@]87C)C(C)C)cc6)C[C@@]54C)C(C)C)cc3)C[C@@]21C. The van der Waals surface area contributed by atoms with Crippen molar-refractivity contribution in [2.45, 2.75) is 303 Å². The zero-order valence-electron chi connectivity index (χ0n) is 70.8. The first-order valence-electron chi connectivity index (χ1n) is 44.8. The molecule has 3 aromatic carbocycles. The molecule has 10 heteroatoms. The zero-order chi connectivity index (χ0) is 79.0. The van der Waals surface area contributed by atoms with Crippen LogP contribution in [-0.4, -0.2) is 100 Å².